The van der Waals surface area contributed by atoms with Crippen molar-refractivity contribution in [3.63, 3.8) is 0 Å². The van der Waals surface area contributed by atoms with Crippen LogP contribution in [-0.2, 0) is 0 Å². The van der Waals surface area contributed by atoms with Gasteiger partial charge < -0.3 is 5.32 Å². The van der Waals surface area contributed by atoms with E-state index in [9.17, 15) is 14.5 Å². The van der Waals surface area contributed by atoms with Gasteiger partial charge in [-0.3, -0.25) is 10.1 Å². The predicted molar refractivity (Wildman–Crippen MR) is 74.2 cm³/mol. The van der Waals surface area contributed by atoms with Crippen LogP contribution in [0.3, 0.4) is 0 Å². The largest absolute Gasteiger partial charge is 0.379 e. The van der Waals surface area contributed by atoms with E-state index in [1.165, 1.54) is 0 Å². The van der Waals surface area contributed by atoms with E-state index in [1.54, 1.807) is 11.8 Å². The fourth-order valence-corrected chi connectivity index (χ4v) is 2.17. The van der Waals surface area contributed by atoms with Crippen molar-refractivity contribution in [3.8, 4) is 0 Å². The van der Waals surface area contributed by atoms with Gasteiger partial charge in [0.05, 0.1) is 9.95 Å². The summed E-state index contributed by atoms with van der Waals surface area (Å²) >= 11 is 7.31. The van der Waals surface area contributed by atoms with Gasteiger partial charge in [-0.1, -0.05) is 18.5 Å². The molecule has 18 heavy (non-hydrogen) atoms. The lowest BCUT2D eigenvalue weighted by Gasteiger charge is -2.07. The summed E-state index contributed by atoms with van der Waals surface area (Å²) in [6.07, 6.45) is 0.861. The average Bonchev–Trinajstić information content (AvgIpc) is 2.32. The monoisotopic (exact) mass is 292 g/mol. The van der Waals surface area contributed by atoms with E-state index < -0.39 is 10.7 Å². The van der Waals surface area contributed by atoms with E-state index in [1.807, 2.05) is 0 Å². The lowest BCUT2D eigenvalue weighted by molar-refractivity contribution is -0.384. The molecular weight excluding hydrogens is 279 g/mol. The number of hydrogen-bond acceptors (Lipinski definition) is 4. The Morgan fingerprint density at radius 3 is 2.89 bits per heavy atom. The minimum atomic E-state index is -0.660. The zero-order valence-electron chi connectivity index (χ0n) is 9.91. The summed E-state index contributed by atoms with van der Waals surface area (Å²) in [4.78, 5) is 10.2. The van der Waals surface area contributed by atoms with Gasteiger partial charge in [0.1, 0.15) is 11.5 Å². The number of thioether (sulfide) groups is 1. The average molecular weight is 293 g/mol. The molecule has 0 bridgehead atoms. The van der Waals surface area contributed by atoms with E-state index in [0.717, 1.165) is 30.1 Å². The standard InChI is InChI=1S/C11H14ClFN2O2S/c1-2-18-5-3-4-14-10-7-9(13)8(12)6-11(10)15(16)17/h6-7,14H,2-5H2,1H3. The summed E-state index contributed by atoms with van der Waals surface area (Å²) in [5, 5.41) is 13.4. The number of halogens is 2. The second-order valence-corrected chi connectivity index (χ2v) is 5.32. The van der Waals surface area contributed by atoms with E-state index in [0.29, 0.717) is 6.54 Å². The molecule has 0 saturated carbocycles. The number of nitrogens with zero attached hydrogens (tertiary/aromatic N) is 1. The highest BCUT2D eigenvalue weighted by molar-refractivity contribution is 7.99. The van der Waals surface area contributed by atoms with Crippen molar-refractivity contribution in [2.75, 3.05) is 23.4 Å². The van der Waals surface area contributed by atoms with Crippen molar-refractivity contribution >= 4 is 34.7 Å². The second-order valence-electron chi connectivity index (χ2n) is 3.52. The van der Waals surface area contributed by atoms with Crippen molar-refractivity contribution in [1.82, 2.24) is 0 Å². The highest BCUT2D eigenvalue weighted by Crippen LogP contribution is 2.30. The molecule has 0 atom stereocenters. The van der Waals surface area contributed by atoms with Crippen molar-refractivity contribution < 1.29 is 9.31 Å². The fourth-order valence-electron chi connectivity index (χ4n) is 1.37. The second kappa shape index (κ2) is 7.43. The molecule has 0 aliphatic heterocycles. The molecule has 1 aromatic rings. The van der Waals surface area contributed by atoms with Gasteiger partial charge in [0.2, 0.25) is 0 Å². The molecule has 0 unspecified atom stereocenters. The Bertz CT molecular complexity index is 432. The first kappa shape index (κ1) is 15.0. The van der Waals surface area contributed by atoms with Crippen LogP contribution < -0.4 is 5.32 Å². The molecule has 0 aliphatic rings. The minimum Gasteiger partial charge on any atom is -0.379 e. The maximum absolute atomic E-state index is 13.3. The molecule has 100 valence electrons. The third-order valence-corrected chi connectivity index (χ3v) is 3.50. The summed E-state index contributed by atoms with van der Waals surface area (Å²) in [6.45, 7) is 2.63. The molecular formula is C11H14ClFN2O2S. The van der Waals surface area contributed by atoms with Crippen LogP contribution in [0.2, 0.25) is 5.02 Å². The SMILES string of the molecule is CCSCCCNc1cc(F)c(Cl)cc1[N+](=O)[O-]. The van der Waals surface area contributed by atoms with Gasteiger partial charge in [0, 0.05) is 18.7 Å². The van der Waals surface area contributed by atoms with Gasteiger partial charge in [-0.15, -0.1) is 0 Å². The summed E-state index contributed by atoms with van der Waals surface area (Å²) in [7, 11) is 0. The first-order valence-corrected chi connectivity index (χ1v) is 7.04. The number of anilines is 1. The minimum absolute atomic E-state index is 0.170. The van der Waals surface area contributed by atoms with Crippen LogP contribution >= 0.6 is 23.4 Å². The van der Waals surface area contributed by atoms with Gasteiger partial charge >= 0.3 is 0 Å². The van der Waals surface area contributed by atoms with E-state index in [-0.39, 0.29) is 16.4 Å². The maximum Gasteiger partial charge on any atom is 0.294 e. The first-order chi connectivity index (χ1) is 8.56. The Morgan fingerprint density at radius 2 is 2.28 bits per heavy atom. The summed E-state index contributed by atoms with van der Waals surface area (Å²) in [5.41, 5.74) is -0.0343. The number of nitro groups is 1. The molecule has 0 aromatic heterocycles. The van der Waals surface area contributed by atoms with Crippen molar-refractivity contribution in [2.24, 2.45) is 0 Å². The third kappa shape index (κ3) is 4.34. The van der Waals surface area contributed by atoms with Crippen molar-refractivity contribution in [1.29, 1.82) is 0 Å². The molecule has 0 radical (unpaired) electrons. The van der Waals surface area contributed by atoms with E-state index in [2.05, 4.69) is 12.2 Å². The number of hydrogen-bond donors (Lipinski definition) is 1. The molecule has 0 spiro atoms. The van der Waals surface area contributed by atoms with Gasteiger partial charge in [-0.05, 0) is 17.9 Å². The zero-order chi connectivity index (χ0) is 13.5. The third-order valence-electron chi connectivity index (χ3n) is 2.22. The molecule has 0 amide bonds. The molecule has 4 nitrogen and oxygen atoms in total. The van der Waals surface area contributed by atoms with Crippen molar-refractivity contribution in [2.45, 2.75) is 13.3 Å². The fraction of sp³-hybridized carbons (Fsp3) is 0.455. The molecule has 7 heteroatoms. The van der Waals surface area contributed by atoms with E-state index in [4.69, 9.17) is 11.6 Å². The molecule has 1 N–H and O–H groups in total. The molecule has 0 aliphatic carbocycles. The van der Waals surface area contributed by atoms with Crippen LogP contribution in [0.1, 0.15) is 13.3 Å². The van der Waals surface area contributed by atoms with Crippen LogP contribution in [0.5, 0.6) is 0 Å². The first-order valence-electron chi connectivity index (χ1n) is 5.51. The molecule has 0 saturated heterocycles. The molecule has 0 heterocycles. The normalized spacial score (nSPS) is 10.4. The maximum atomic E-state index is 13.3. The van der Waals surface area contributed by atoms with Crippen molar-refractivity contribution in [3.05, 3.63) is 33.1 Å². The highest BCUT2D eigenvalue weighted by atomic mass is 35.5. The molecule has 1 aromatic carbocycles. The van der Waals surface area contributed by atoms with Crippen LogP contribution in [0.25, 0.3) is 0 Å². The van der Waals surface area contributed by atoms with Crippen LogP contribution in [0.15, 0.2) is 12.1 Å². The summed E-state index contributed by atoms with van der Waals surface area (Å²) in [5.74, 6) is 1.34. The quantitative estimate of drug-likeness (QED) is 0.470. The Balaban J connectivity index is 2.68. The van der Waals surface area contributed by atoms with Gasteiger partial charge in [-0.25, -0.2) is 4.39 Å². The highest BCUT2D eigenvalue weighted by Gasteiger charge is 2.17. The summed E-state index contributed by atoms with van der Waals surface area (Å²) in [6, 6.07) is 2.09. The predicted octanol–water partition coefficient (Wildman–Crippen LogP) is 3.94. The van der Waals surface area contributed by atoms with Gasteiger partial charge in [-0.2, -0.15) is 11.8 Å². The Kier molecular flexibility index (Phi) is 6.21. The van der Waals surface area contributed by atoms with E-state index >= 15 is 0 Å². The number of nitrogens with one attached hydrogen (secondary N) is 1. The molecule has 1 rings (SSSR count). The Labute approximate surface area is 114 Å². The topological polar surface area (TPSA) is 55.2 Å². The Hall–Kier alpha value is -1.01. The number of benzene rings is 1. The van der Waals surface area contributed by atoms with Gasteiger partial charge in [0.15, 0.2) is 0 Å². The Morgan fingerprint density at radius 1 is 1.56 bits per heavy atom. The zero-order valence-corrected chi connectivity index (χ0v) is 11.5. The summed E-state index contributed by atoms with van der Waals surface area (Å²) < 4.78 is 13.3. The number of rotatable bonds is 7. The van der Waals surface area contributed by atoms with Gasteiger partial charge in [0.25, 0.3) is 5.69 Å². The van der Waals surface area contributed by atoms with Crippen LogP contribution in [0, 0.1) is 15.9 Å². The van der Waals surface area contributed by atoms with Crippen LogP contribution in [0.4, 0.5) is 15.8 Å². The number of nitro benzene ring substituents is 1. The smallest absolute Gasteiger partial charge is 0.294 e. The van der Waals surface area contributed by atoms with Crippen LogP contribution in [-0.4, -0.2) is 23.0 Å². The molecule has 0 fully saturated rings. The lowest BCUT2D eigenvalue weighted by Crippen LogP contribution is -2.06. The lowest BCUT2D eigenvalue weighted by atomic mass is 10.2.